The highest BCUT2D eigenvalue weighted by molar-refractivity contribution is 6.30. The maximum atomic E-state index is 6.06. The lowest BCUT2D eigenvalue weighted by Crippen LogP contribution is -2.15. The molecule has 3 nitrogen and oxygen atoms in total. The Labute approximate surface area is 119 Å². The van der Waals surface area contributed by atoms with Crippen molar-refractivity contribution < 1.29 is 0 Å². The Morgan fingerprint density at radius 3 is 2.58 bits per heavy atom. The smallest absolute Gasteiger partial charge is 0.131 e. The molecule has 1 aliphatic rings. The first-order valence-corrected chi connectivity index (χ1v) is 6.41. The summed E-state index contributed by atoms with van der Waals surface area (Å²) in [6, 6.07) is 0. The molecule has 19 heavy (non-hydrogen) atoms. The number of nitrogens with two attached hydrogens (primary N) is 2. The first kappa shape index (κ1) is 15.3. The molecular weight excluding hydrogens is 258 g/mol. The Morgan fingerprint density at radius 2 is 2.00 bits per heavy atom. The van der Waals surface area contributed by atoms with Crippen molar-refractivity contribution in [2.24, 2.45) is 16.5 Å². The quantitative estimate of drug-likeness (QED) is 0.471. The second-order valence-electron chi connectivity index (χ2n) is 4.53. The average molecular weight is 278 g/mol. The summed E-state index contributed by atoms with van der Waals surface area (Å²) in [5.41, 5.74) is 15.7. The lowest BCUT2D eigenvalue weighted by atomic mass is 10.1. The third-order valence-electron chi connectivity index (χ3n) is 2.98. The van der Waals surface area contributed by atoms with Crippen LogP contribution < -0.4 is 11.5 Å². The highest BCUT2D eigenvalue weighted by Gasteiger charge is 2.07. The van der Waals surface area contributed by atoms with Crippen molar-refractivity contribution >= 4 is 17.4 Å². The van der Waals surface area contributed by atoms with Crippen LogP contribution in [0.1, 0.15) is 27.2 Å². The van der Waals surface area contributed by atoms with E-state index in [0.29, 0.717) is 18.0 Å². The Hall–Kier alpha value is -1.74. The standard InChI is InChI=1S/C15H20ClN3/c1-9-8-13(16)6-5-7-14(9)15(18)19-12(4)10(2)11(3)17/h5,7-8H,3,6,17H2,1-2,4H3,(H2,18,19)/b12-10-. The number of nitrogens with zero attached hydrogens (tertiary/aromatic N) is 1. The molecule has 0 saturated carbocycles. The van der Waals surface area contributed by atoms with Gasteiger partial charge in [0, 0.05) is 28.4 Å². The van der Waals surface area contributed by atoms with Gasteiger partial charge in [0.05, 0.1) is 0 Å². The molecule has 0 fully saturated rings. The molecule has 0 aromatic rings. The molecule has 0 unspecified atom stereocenters. The van der Waals surface area contributed by atoms with Gasteiger partial charge in [-0.2, -0.15) is 0 Å². The van der Waals surface area contributed by atoms with E-state index in [2.05, 4.69) is 11.6 Å². The second kappa shape index (κ2) is 6.43. The van der Waals surface area contributed by atoms with E-state index in [4.69, 9.17) is 23.1 Å². The van der Waals surface area contributed by atoms with E-state index in [1.807, 2.05) is 39.0 Å². The predicted octanol–water partition coefficient (Wildman–Crippen LogP) is 3.51. The van der Waals surface area contributed by atoms with Gasteiger partial charge in [0.25, 0.3) is 0 Å². The molecule has 0 aliphatic heterocycles. The van der Waals surface area contributed by atoms with Gasteiger partial charge in [0.15, 0.2) is 0 Å². The summed E-state index contributed by atoms with van der Waals surface area (Å²) in [6.45, 7) is 9.39. The maximum Gasteiger partial charge on any atom is 0.131 e. The second-order valence-corrected chi connectivity index (χ2v) is 5.01. The molecule has 0 bridgehead atoms. The topological polar surface area (TPSA) is 64.4 Å². The third kappa shape index (κ3) is 4.14. The molecule has 0 saturated heterocycles. The number of allylic oxidation sites excluding steroid dienone is 6. The molecule has 4 heteroatoms. The van der Waals surface area contributed by atoms with E-state index in [0.717, 1.165) is 27.4 Å². The Kier molecular flexibility index (Phi) is 5.19. The summed E-state index contributed by atoms with van der Waals surface area (Å²) in [6.07, 6.45) is 6.54. The number of hydrogen-bond donors (Lipinski definition) is 2. The molecule has 0 heterocycles. The van der Waals surface area contributed by atoms with E-state index in [-0.39, 0.29) is 0 Å². The SMILES string of the molecule is C=C(N)/C(C)=C(/C)N=C(N)C1=C(C)C=C(Cl)CC=C1. The van der Waals surface area contributed by atoms with E-state index in [1.165, 1.54) is 0 Å². The van der Waals surface area contributed by atoms with Crippen LogP contribution in [0.4, 0.5) is 0 Å². The molecule has 0 radical (unpaired) electrons. The minimum atomic E-state index is 0.453. The Bertz CT molecular complexity index is 546. The molecule has 1 aliphatic carbocycles. The Balaban J connectivity index is 3.20. The molecule has 0 amide bonds. The van der Waals surface area contributed by atoms with Crippen LogP contribution in [-0.2, 0) is 0 Å². The summed E-state index contributed by atoms with van der Waals surface area (Å²) in [4.78, 5) is 4.39. The monoisotopic (exact) mass is 277 g/mol. The van der Waals surface area contributed by atoms with E-state index in [1.54, 1.807) is 0 Å². The molecule has 4 N–H and O–H groups in total. The predicted molar refractivity (Wildman–Crippen MR) is 83.7 cm³/mol. The molecule has 0 atom stereocenters. The van der Waals surface area contributed by atoms with Crippen LogP contribution in [0.15, 0.2) is 62.9 Å². The van der Waals surface area contributed by atoms with E-state index < -0.39 is 0 Å². The van der Waals surface area contributed by atoms with Crippen molar-refractivity contribution in [2.45, 2.75) is 27.2 Å². The normalized spacial score (nSPS) is 17.9. The van der Waals surface area contributed by atoms with Crippen LogP contribution in [0.2, 0.25) is 0 Å². The van der Waals surface area contributed by atoms with Crippen molar-refractivity contribution in [3.63, 3.8) is 0 Å². The van der Waals surface area contributed by atoms with E-state index in [9.17, 15) is 0 Å². The number of amidine groups is 1. The first-order chi connectivity index (χ1) is 8.82. The lowest BCUT2D eigenvalue weighted by Gasteiger charge is -2.07. The van der Waals surface area contributed by atoms with Crippen LogP contribution in [0, 0.1) is 0 Å². The zero-order valence-corrected chi connectivity index (χ0v) is 12.4. The van der Waals surface area contributed by atoms with Gasteiger partial charge in [-0.25, -0.2) is 4.99 Å². The highest BCUT2D eigenvalue weighted by atomic mass is 35.5. The summed E-state index contributed by atoms with van der Waals surface area (Å²) < 4.78 is 0. The molecule has 0 aromatic heterocycles. The fraction of sp³-hybridized carbons (Fsp3) is 0.267. The largest absolute Gasteiger partial charge is 0.399 e. The summed E-state index contributed by atoms with van der Waals surface area (Å²) in [5.74, 6) is 0.453. The van der Waals surface area contributed by atoms with E-state index >= 15 is 0 Å². The third-order valence-corrected chi connectivity index (χ3v) is 3.25. The molecule has 0 aromatic carbocycles. The van der Waals surface area contributed by atoms with Gasteiger partial charge >= 0.3 is 0 Å². The number of hydrogen-bond acceptors (Lipinski definition) is 2. The van der Waals surface area contributed by atoms with Gasteiger partial charge in [0.2, 0.25) is 0 Å². The fourth-order valence-electron chi connectivity index (χ4n) is 1.64. The van der Waals surface area contributed by atoms with Crippen LogP contribution >= 0.6 is 11.6 Å². The number of rotatable bonds is 3. The fourth-order valence-corrected chi connectivity index (χ4v) is 1.89. The van der Waals surface area contributed by atoms with Crippen molar-refractivity contribution in [3.8, 4) is 0 Å². The van der Waals surface area contributed by atoms with Crippen LogP contribution in [-0.4, -0.2) is 5.84 Å². The van der Waals surface area contributed by atoms with Crippen LogP contribution in [0.25, 0.3) is 0 Å². The summed E-state index contributed by atoms with van der Waals surface area (Å²) in [5, 5.41) is 0.787. The minimum Gasteiger partial charge on any atom is -0.399 e. The number of halogens is 1. The summed E-state index contributed by atoms with van der Waals surface area (Å²) >= 11 is 6.04. The average Bonchev–Trinajstić information content (AvgIpc) is 2.48. The van der Waals surface area contributed by atoms with Crippen molar-refractivity contribution in [1.29, 1.82) is 0 Å². The highest BCUT2D eigenvalue weighted by Crippen LogP contribution is 2.20. The van der Waals surface area contributed by atoms with Crippen LogP contribution in [0.5, 0.6) is 0 Å². The molecular formula is C15H20ClN3. The zero-order valence-electron chi connectivity index (χ0n) is 11.6. The lowest BCUT2D eigenvalue weighted by molar-refractivity contribution is 1.17. The van der Waals surface area contributed by atoms with Crippen molar-refractivity contribution in [1.82, 2.24) is 0 Å². The van der Waals surface area contributed by atoms with Gasteiger partial charge in [-0.1, -0.05) is 30.3 Å². The van der Waals surface area contributed by atoms with Crippen molar-refractivity contribution in [3.05, 3.63) is 58.0 Å². The maximum absolute atomic E-state index is 6.06. The minimum absolute atomic E-state index is 0.453. The number of aliphatic imine (C=N–C) groups is 1. The summed E-state index contributed by atoms with van der Waals surface area (Å²) in [7, 11) is 0. The molecule has 0 spiro atoms. The Morgan fingerprint density at radius 1 is 1.37 bits per heavy atom. The first-order valence-electron chi connectivity index (χ1n) is 6.03. The zero-order chi connectivity index (χ0) is 14.6. The van der Waals surface area contributed by atoms with Gasteiger partial charge in [0.1, 0.15) is 5.84 Å². The van der Waals surface area contributed by atoms with Crippen LogP contribution in [0.3, 0.4) is 0 Å². The van der Waals surface area contributed by atoms with Gasteiger partial charge in [-0.3, -0.25) is 0 Å². The van der Waals surface area contributed by atoms with Gasteiger partial charge < -0.3 is 11.5 Å². The van der Waals surface area contributed by atoms with Gasteiger partial charge in [-0.05, 0) is 38.0 Å². The molecule has 102 valence electrons. The van der Waals surface area contributed by atoms with Gasteiger partial charge in [-0.15, -0.1) is 0 Å². The molecule has 1 rings (SSSR count). The van der Waals surface area contributed by atoms with Crippen molar-refractivity contribution in [2.75, 3.05) is 0 Å².